The monoisotopic (exact) mass is 339 g/mol. The molecule has 7 heteroatoms. The zero-order valence-electron chi connectivity index (χ0n) is 12.6. The van der Waals surface area contributed by atoms with Crippen molar-refractivity contribution in [1.29, 1.82) is 0 Å². The topological polar surface area (TPSA) is 58.6 Å². The number of anilines is 1. The van der Waals surface area contributed by atoms with Crippen LogP contribution in [0.2, 0.25) is 0 Å². The van der Waals surface area contributed by atoms with Gasteiger partial charge < -0.3 is 9.84 Å². The number of alkyl halides is 3. The molecule has 0 saturated heterocycles. The number of nitrogens with one attached hydrogen (secondary N) is 1. The Morgan fingerprint density at radius 1 is 1.12 bits per heavy atom. The summed E-state index contributed by atoms with van der Waals surface area (Å²) >= 11 is 0. The Balaban J connectivity index is 2.05. The van der Waals surface area contributed by atoms with Gasteiger partial charge in [0.2, 0.25) is 0 Å². The molecular formula is C17H16F3NO3. The molecule has 2 rings (SSSR count). The van der Waals surface area contributed by atoms with Crippen LogP contribution in [0.25, 0.3) is 0 Å². The summed E-state index contributed by atoms with van der Waals surface area (Å²) in [5.41, 5.74) is -0.186. The highest BCUT2D eigenvalue weighted by Gasteiger charge is 2.33. The number of carbonyl (C=O) groups is 1. The van der Waals surface area contributed by atoms with Gasteiger partial charge in [0.15, 0.2) is 0 Å². The van der Waals surface area contributed by atoms with Crippen LogP contribution in [0.15, 0.2) is 48.5 Å². The van der Waals surface area contributed by atoms with Crippen LogP contribution in [-0.2, 0) is 23.9 Å². The maximum atomic E-state index is 13.0. The molecule has 2 N–H and O–H groups in total. The number of carbonyl (C=O) groups excluding carboxylic acids is 1. The zero-order valence-corrected chi connectivity index (χ0v) is 12.6. The summed E-state index contributed by atoms with van der Waals surface area (Å²) in [5.74, 6) is 0. The quantitative estimate of drug-likeness (QED) is 0.866. The highest BCUT2D eigenvalue weighted by Crippen LogP contribution is 2.34. The second-order valence-electron chi connectivity index (χ2n) is 5.03. The van der Waals surface area contributed by atoms with Gasteiger partial charge in [-0.25, -0.2) is 4.79 Å². The molecule has 0 aliphatic carbocycles. The van der Waals surface area contributed by atoms with E-state index in [2.05, 4.69) is 5.32 Å². The molecule has 2 aromatic carbocycles. The Bertz CT molecular complexity index is 687. The van der Waals surface area contributed by atoms with Crippen molar-refractivity contribution in [2.75, 3.05) is 11.9 Å². The summed E-state index contributed by atoms with van der Waals surface area (Å²) in [6.45, 7) is -0.379. The van der Waals surface area contributed by atoms with E-state index in [9.17, 15) is 18.0 Å². The molecular weight excluding hydrogens is 323 g/mol. The molecule has 0 bridgehead atoms. The summed E-state index contributed by atoms with van der Waals surface area (Å²) in [6, 6.07) is 12.3. The second kappa shape index (κ2) is 7.83. The number of halogens is 3. The molecule has 0 radical (unpaired) electrons. The number of aliphatic hydroxyl groups is 1. The highest BCUT2D eigenvalue weighted by atomic mass is 19.4. The van der Waals surface area contributed by atoms with Crippen molar-refractivity contribution in [3.05, 3.63) is 65.2 Å². The smallest absolute Gasteiger partial charge is 0.416 e. The van der Waals surface area contributed by atoms with Gasteiger partial charge in [-0.15, -0.1) is 0 Å². The first kappa shape index (κ1) is 17.8. The maximum Gasteiger partial charge on any atom is 0.416 e. The predicted octanol–water partition coefficient (Wildman–Crippen LogP) is 3.99. The van der Waals surface area contributed by atoms with Gasteiger partial charge in [-0.1, -0.05) is 36.4 Å². The van der Waals surface area contributed by atoms with Crippen molar-refractivity contribution < 1.29 is 27.8 Å². The lowest BCUT2D eigenvalue weighted by Crippen LogP contribution is -2.16. The lowest BCUT2D eigenvalue weighted by Gasteiger charge is -2.14. The van der Waals surface area contributed by atoms with Crippen molar-refractivity contribution in [2.24, 2.45) is 0 Å². The lowest BCUT2D eigenvalue weighted by atomic mass is 10.0. The number of ether oxygens (including phenoxy) is 1. The molecule has 0 aliphatic heterocycles. The Labute approximate surface area is 136 Å². The molecule has 0 fully saturated rings. The van der Waals surface area contributed by atoms with E-state index in [1.807, 2.05) is 6.07 Å². The molecule has 4 nitrogen and oxygen atoms in total. The minimum absolute atomic E-state index is 0.0153. The fourth-order valence-corrected chi connectivity index (χ4v) is 2.13. The van der Waals surface area contributed by atoms with Crippen molar-refractivity contribution in [3.63, 3.8) is 0 Å². The first-order valence-electron chi connectivity index (χ1n) is 7.19. The molecule has 0 aliphatic rings. The van der Waals surface area contributed by atoms with E-state index in [1.165, 1.54) is 12.1 Å². The molecule has 128 valence electrons. The molecule has 0 saturated carbocycles. The van der Waals surface area contributed by atoms with Crippen molar-refractivity contribution in [1.82, 2.24) is 0 Å². The zero-order chi connectivity index (χ0) is 17.6. The third-order valence-electron chi connectivity index (χ3n) is 3.26. The van der Waals surface area contributed by atoms with Crippen LogP contribution in [0.4, 0.5) is 23.7 Å². The van der Waals surface area contributed by atoms with Crippen LogP contribution in [0, 0.1) is 0 Å². The van der Waals surface area contributed by atoms with Gasteiger partial charge in [-0.2, -0.15) is 13.2 Å². The van der Waals surface area contributed by atoms with Gasteiger partial charge in [0.1, 0.15) is 6.61 Å². The minimum atomic E-state index is -4.57. The number of amides is 1. The average molecular weight is 339 g/mol. The van der Waals surface area contributed by atoms with E-state index >= 15 is 0 Å². The van der Waals surface area contributed by atoms with Gasteiger partial charge in [-0.05, 0) is 29.7 Å². The molecule has 0 atom stereocenters. The SMILES string of the molecule is O=C(Nc1ccc(CCO)c(C(F)(F)F)c1)OCc1ccccc1. The van der Waals surface area contributed by atoms with Crippen LogP contribution in [0.3, 0.4) is 0 Å². The fraction of sp³-hybridized carbons (Fsp3) is 0.235. The largest absolute Gasteiger partial charge is 0.444 e. The number of hydrogen-bond acceptors (Lipinski definition) is 3. The minimum Gasteiger partial charge on any atom is -0.444 e. The van der Waals surface area contributed by atoms with Crippen LogP contribution < -0.4 is 5.32 Å². The van der Waals surface area contributed by atoms with Gasteiger partial charge in [0.05, 0.1) is 5.56 Å². The Morgan fingerprint density at radius 2 is 1.83 bits per heavy atom. The van der Waals surface area contributed by atoms with E-state index in [0.717, 1.165) is 11.6 Å². The molecule has 0 aromatic heterocycles. The number of rotatable bonds is 5. The summed E-state index contributed by atoms with van der Waals surface area (Å²) in [4.78, 5) is 11.7. The van der Waals surface area contributed by atoms with E-state index < -0.39 is 24.4 Å². The first-order valence-corrected chi connectivity index (χ1v) is 7.19. The van der Waals surface area contributed by atoms with E-state index in [0.29, 0.717) is 0 Å². The third-order valence-corrected chi connectivity index (χ3v) is 3.26. The van der Waals surface area contributed by atoms with Crippen LogP contribution in [0.1, 0.15) is 16.7 Å². The predicted molar refractivity (Wildman–Crippen MR) is 82.5 cm³/mol. The number of benzene rings is 2. The molecule has 1 amide bonds. The normalized spacial score (nSPS) is 11.2. The molecule has 0 spiro atoms. The molecule has 24 heavy (non-hydrogen) atoms. The standard InChI is InChI=1S/C17H16F3NO3/c18-17(19,20)15-10-14(7-6-13(15)8-9-22)21-16(23)24-11-12-4-2-1-3-5-12/h1-7,10,22H,8-9,11H2,(H,21,23). The van der Waals surface area contributed by atoms with Crippen LogP contribution >= 0.6 is 0 Å². The molecule has 2 aromatic rings. The van der Waals surface area contributed by atoms with Crippen LogP contribution in [0.5, 0.6) is 0 Å². The van der Waals surface area contributed by atoms with Gasteiger partial charge >= 0.3 is 12.3 Å². The summed E-state index contributed by atoms with van der Waals surface area (Å²) in [5, 5.41) is 11.1. The van der Waals surface area contributed by atoms with E-state index in [4.69, 9.17) is 9.84 Å². The Kier molecular flexibility index (Phi) is 5.81. The number of aliphatic hydroxyl groups excluding tert-OH is 1. The summed E-state index contributed by atoms with van der Waals surface area (Å²) in [6.07, 6.45) is -5.54. The average Bonchev–Trinajstić information content (AvgIpc) is 2.54. The third kappa shape index (κ3) is 4.99. The Hall–Kier alpha value is -2.54. The summed E-state index contributed by atoms with van der Waals surface area (Å²) < 4.78 is 44.1. The summed E-state index contributed by atoms with van der Waals surface area (Å²) in [7, 11) is 0. The van der Waals surface area contributed by atoms with Crippen molar-refractivity contribution in [2.45, 2.75) is 19.2 Å². The molecule has 0 unspecified atom stereocenters. The van der Waals surface area contributed by atoms with Crippen molar-refractivity contribution in [3.8, 4) is 0 Å². The van der Waals surface area contributed by atoms with Gasteiger partial charge in [0.25, 0.3) is 0 Å². The Morgan fingerprint density at radius 3 is 2.46 bits per heavy atom. The van der Waals surface area contributed by atoms with Crippen LogP contribution in [-0.4, -0.2) is 17.8 Å². The lowest BCUT2D eigenvalue weighted by molar-refractivity contribution is -0.138. The van der Waals surface area contributed by atoms with Crippen molar-refractivity contribution >= 4 is 11.8 Å². The first-order chi connectivity index (χ1) is 11.4. The second-order valence-corrected chi connectivity index (χ2v) is 5.03. The van der Waals surface area contributed by atoms with E-state index in [-0.39, 0.29) is 24.3 Å². The molecule has 0 heterocycles. The maximum absolute atomic E-state index is 13.0. The fourth-order valence-electron chi connectivity index (χ4n) is 2.13. The number of hydrogen-bond donors (Lipinski definition) is 2. The van der Waals surface area contributed by atoms with E-state index in [1.54, 1.807) is 24.3 Å². The highest BCUT2D eigenvalue weighted by molar-refractivity contribution is 5.84. The van der Waals surface area contributed by atoms with Gasteiger partial charge in [-0.3, -0.25) is 5.32 Å². The van der Waals surface area contributed by atoms with Gasteiger partial charge in [0, 0.05) is 12.3 Å².